The standard InChI is InChI=1S/C30H36N2/c1-3-5-6-14-29-15-18-30(19-16-29,20-17-29)25-11-8-24(9-12-25)26-13-10-23(7-4-2)27(21-31)28(26)22-32/h8-13H,3-7,14-20H2,1-2H3. The summed E-state index contributed by atoms with van der Waals surface area (Å²) >= 11 is 0. The average Bonchev–Trinajstić information content (AvgIpc) is 2.85. The first kappa shape index (κ1) is 22.6. The molecule has 0 radical (unpaired) electrons. The maximum absolute atomic E-state index is 9.83. The Labute approximate surface area is 194 Å². The Bertz CT molecular complexity index is 1010. The smallest absolute Gasteiger partial charge is 0.101 e. The van der Waals surface area contributed by atoms with Gasteiger partial charge in [-0.15, -0.1) is 0 Å². The molecule has 0 aliphatic heterocycles. The van der Waals surface area contributed by atoms with Gasteiger partial charge in [-0.25, -0.2) is 0 Å². The molecule has 3 saturated carbocycles. The van der Waals surface area contributed by atoms with E-state index in [2.05, 4.69) is 50.3 Å². The molecule has 3 aliphatic carbocycles. The summed E-state index contributed by atoms with van der Waals surface area (Å²) in [6.45, 7) is 4.40. The number of unbranched alkanes of at least 4 members (excludes halogenated alkanes) is 2. The van der Waals surface area contributed by atoms with Gasteiger partial charge in [-0.2, -0.15) is 10.5 Å². The molecule has 2 aromatic carbocycles. The highest BCUT2D eigenvalue weighted by Gasteiger charge is 2.48. The third-order valence-corrected chi connectivity index (χ3v) is 8.56. The monoisotopic (exact) mass is 424 g/mol. The minimum atomic E-state index is 0.353. The maximum Gasteiger partial charge on any atom is 0.101 e. The van der Waals surface area contributed by atoms with Crippen molar-refractivity contribution >= 4 is 0 Å². The highest BCUT2D eigenvalue weighted by atomic mass is 14.5. The summed E-state index contributed by atoms with van der Waals surface area (Å²) in [6, 6.07) is 17.6. The van der Waals surface area contributed by atoms with Crippen LogP contribution in [0.2, 0.25) is 0 Å². The van der Waals surface area contributed by atoms with Crippen LogP contribution in [0.1, 0.15) is 107 Å². The second kappa shape index (κ2) is 9.50. The molecule has 0 saturated heterocycles. The van der Waals surface area contributed by atoms with Gasteiger partial charge in [-0.05, 0) is 78.9 Å². The number of hydrogen-bond donors (Lipinski definition) is 0. The lowest BCUT2D eigenvalue weighted by Crippen LogP contribution is -2.44. The molecule has 5 rings (SSSR count). The highest BCUT2D eigenvalue weighted by Crippen LogP contribution is 2.59. The highest BCUT2D eigenvalue weighted by molar-refractivity contribution is 5.75. The molecule has 2 aromatic rings. The van der Waals surface area contributed by atoms with E-state index >= 15 is 0 Å². The molecule has 0 unspecified atom stereocenters. The lowest BCUT2D eigenvalue weighted by molar-refractivity contribution is 0.0305. The molecule has 2 nitrogen and oxygen atoms in total. The van der Waals surface area contributed by atoms with Crippen molar-refractivity contribution in [3.8, 4) is 23.3 Å². The van der Waals surface area contributed by atoms with Gasteiger partial charge < -0.3 is 0 Å². The van der Waals surface area contributed by atoms with Crippen LogP contribution in [0.5, 0.6) is 0 Å². The van der Waals surface area contributed by atoms with Crippen molar-refractivity contribution in [3.63, 3.8) is 0 Å². The van der Waals surface area contributed by atoms with Crippen LogP contribution in [0.4, 0.5) is 0 Å². The number of nitriles is 2. The Morgan fingerprint density at radius 2 is 1.41 bits per heavy atom. The first-order valence-electron chi connectivity index (χ1n) is 12.7. The fourth-order valence-corrected chi connectivity index (χ4v) is 6.43. The molecule has 0 aromatic heterocycles. The summed E-state index contributed by atoms with van der Waals surface area (Å²) in [5.74, 6) is 0. The lowest BCUT2D eigenvalue weighted by atomic mass is 9.51. The van der Waals surface area contributed by atoms with E-state index in [1.807, 2.05) is 12.1 Å². The fourth-order valence-electron chi connectivity index (χ4n) is 6.43. The Balaban J connectivity index is 1.55. The summed E-state index contributed by atoms with van der Waals surface area (Å²) in [6.07, 6.45) is 15.5. The number of rotatable bonds is 8. The van der Waals surface area contributed by atoms with E-state index < -0.39 is 0 Å². The number of aryl methyl sites for hydroxylation is 1. The van der Waals surface area contributed by atoms with Gasteiger partial charge in [-0.1, -0.05) is 75.9 Å². The van der Waals surface area contributed by atoms with Gasteiger partial charge in [0, 0.05) is 5.56 Å². The fraction of sp³-hybridized carbons (Fsp3) is 0.533. The van der Waals surface area contributed by atoms with E-state index in [1.165, 1.54) is 69.8 Å². The van der Waals surface area contributed by atoms with Gasteiger partial charge in [0.15, 0.2) is 0 Å². The molecule has 3 aliphatic rings. The molecule has 166 valence electrons. The molecule has 0 spiro atoms. The first-order chi connectivity index (χ1) is 15.6. The van der Waals surface area contributed by atoms with Crippen molar-refractivity contribution in [2.75, 3.05) is 0 Å². The Kier molecular flexibility index (Phi) is 6.71. The van der Waals surface area contributed by atoms with Crippen LogP contribution in [0.15, 0.2) is 36.4 Å². The first-order valence-corrected chi connectivity index (χ1v) is 12.7. The van der Waals surface area contributed by atoms with Crippen LogP contribution >= 0.6 is 0 Å². The number of nitrogens with zero attached hydrogens (tertiary/aromatic N) is 2. The second-order valence-electron chi connectivity index (χ2n) is 10.3. The molecule has 0 heterocycles. The van der Waals surface area contributed by atoms with E-state index in [0.717, 1.165) is 29.5 Å². The van der Waals surface area contributed by atoms with Crippen molar-refractivity contribution < 1.29 is 0 Å². The lowest BCUT2D eigenvalue weighted by Gasteiger charge is -2.54. The van der Waals surface area contributed by atoms with E-state index in [0.29, 0.717) is 22.0 Å². The summed E-state index contributed by atoms with van der Waals surface area (Å²) in [5, 5.41) is 19.5. The number of hydrogen-bond acceptors (Lipinski definition) is 2. The Morgan fingerprint density at radius 3 is 1.97 bits per heavy atom. The van der Waals surface area contributed by atoms with Crippen molar-refractivity contribution in [2.24, 2.45) is 5.41 Å². The molecular formula is C30H36N2. The molecule has 32 heavy (non-hydrogen) atoms. The Hall–Kier alpha value is -2.58. The van der Waals surface area contributed by atoms with Crippen LogP contribution in [0.25, 0.3) is 11.1 Å². The van der Waals surface area contributed by atoms with Crippen molar-refractivity contribution in [1.29, 1.82) is 10.5 Å². The molecule has 2 bridgehead atoms. The van der Waals surface area contributed by atoms with Gasteiger partial charge in [0.05, 0.1) is 11.1 Å². The zero-order valence-corrected chi connectivity index (χ0v) is 19.8. The predicted octanol–water partition coefficient (Wildman–Crippen LogP) is 8.22. The number of fused-ring (bicyclic) bond motifs is 3. The van der Waals surface area contributed by atoms with E-state index in [9.17, 15) is 10.5 Å². The van der Waals surface area contributed by atoms with Gasteiger partial charge >= 0.3 is 0 Å². The molecular weight excluding hydrogens is 388 g/mol. The summed E-state index contributed by atoms with van der Waals surface area (Å²) in [5.41, 5.74) is 6.45. The molecule has 2 heteroatoms. The molecule has 0 atom stereocenters. The average molecular weight is 425 g/mol. The minimum Gasteiger partial charge on any atom is -0.192 e. The Morgan fingerprint density at radius 1 is 0.750 bits per heavy atom. The van der Waals surface area contributed by atoms with Crippen molar-refractivity contribution in [3.05, 3.63) is 58.7 Å². The van der Waals surface area contributed by atoms with Gasteiger partial charge in [-0.3, -0.25) is 0 Å². The van der Waals surface area contributed by atoms with Gasteiger partial charge in [0.1, 0.15) is 12.1 Å². The largest absolute Gasteiger partial charge is 0.192 e. The van der Waals surface area contributed by atoms with Crippen LogP contribution in [0.3, 0.4) is 0 Å². The maximum atomic E-state index is 9.83. The molecule has 0 N–H and O–H groups in total. The van der Waals surface area contributed by atoms with Crippen LogP contribution in [-0.4, -0.2) is 0 Å². The molecule has 0 amide bonds. The van der Waals surface area contributed by atoms with E-state index in [1.54, 1.807) is 0 Å². The predicted molar refractivity (Wildman–Crippen MR) is 131 cm³/mol. The quantitative estimate of drug-likeness (QED) is 0.401. The summed E-state index contributed by atoms with van der Waals surface area (Å²) < 4.78 is 0. The van der Waals surface area contributed by atoms with Crippen LogP contribution < -0.4 is 0 Å². The summed E-state index contributed by atoms with van der Waals surface area (Å²) in [7, 11) is 0. The van der Waals surface area contributed by atoms with Gasteiger partial charge in [0.25, 0.3) is 0 Å². The third kappa shape index (κ3) is 4.09. The number of benzene rings is 2. The van der Waals surface area contributed by atoms with E-state index in [4.69, 9.17) is 0 Å². The SMILES string of the molecule is CCCCCC12CCC(c3ccc(-c4ccc(CCC)c(C#N)c4C#N)cc3)(CC1)CC2. The van der Waals surface area contributed by atoms with Crippen LogP contribution in [-0.2, 0) is 11.8 Å². The third-order valence-electron chi connectivity index (χ3n) is 8.56. The summed E-state index contributed by atoms with van der Waals surface area (Å²) in [4.78, 5) is 0. The molecule has 3 fully saturated rings. The van der Waals surface area contributed by atoms with Crippen molar-refractivity contribution in [2.45, 2.75) is 96.3 Å². The second-order valence-corrected chi connectivity index (χ2v) is 10.3. The van der Waals surface area contributed by atoms with Crippen LogP contribution in [0, 0.1) is 28.1 Å². The van der Waals surface area contributed by atoms with Gasteiger partial charge in [0.2, 0.25) is 0 Å². The normalized spacial score (nSPS) is 24.1. The zero-order valence-electron chi connectivity index (χ0n) is 19.8. The topological polar surface area (TPSA) is 47.6 Å². The minimum absolute atomic E-state index is 0.353. The van der Waals surface area contributed by atoms with E-state index in [-0.39, 0.29) is 0 Å². The van der Waals surface area contributed by atoms with Crippen molar-refractivity contribution in [1.82, 2.24) is 0 Å². The zero-order chi connectivity index (χ0) is 22.6.